The van der Waals surface area contributed by atoms with E-state index in [4.69, 9.17) is 4.74 Å². The third kappa shape index (κ3) is 6.23. The lowest BCUT2D eigenvalue weighted by Gasteiger charge is -2.36. The predicted molar refractivity (Wildman–Crippen MR) is 75.4 cm³/mol. The highest BCUT2D eigenvalue weighted by Crippen LogP contribution is 2.17. The van der Waals surface area contributed by atoms with Crippen LogP contribution >= 0.6 is 0 Å². The van der Waals surface area contributed by atoms with Gasteiger partial charge in [0.2, 0.25) is 0 Å². The van der Waals surface area contributed by atoms with E-state index in [-0.39, 0.29) is 18.6 Å². The molecule has 1 aliphatic heterocycles. The van der Waals surface area contributed by atoms with Crippen LogP contribution in [-0.4, -0.2) is 55.3 Å². The third-order valence-corrected chi connectivity index (χ3v) is 3.04. The quantitative estimate of drug-likeness (QED) is 0.794. The normalized spacial score (nSPS) is 24.1. The monoisotopic (exact) mass is 286 g/mol. The molecule has 0 saturated carbocycles. The van der Waals surface area contributed by atoms with Crippen LogP contribution in [0.2, 0.25) is 0 Å². The lowest BCUT2D eigenvalue weighted by atomic mass is 9.96. The van der Waals surface area contributed by atoms with Crippen molar-refractivity contribution in [2.24, 2.45) is 5.92 Å². The molecule has 1 rings (SSSR count). The zero-order valence-electron chi connectivity index (χ0n) is 13.1. The van der Waals surface area contributed by atoms with Crippen molar-refractivity contribution < 1.29 is 19.1 Å². The fourth-order valence-corrected chi connectivity index (χ4v) is 2.42. The van der Waals surface area contributed by atoms with Crippen LogP contribution in [0.25, 0.3) is 0 Å². The first-order valence-electron chi connectivity index (χ1n) is 6.98. The summed E-state index contributed by atoms with van der Waals surface area (Å²) < 4.78 is 9.93. The molecule has 0 aromatic heterocycles. The van der Waals surface area contributed by atoms with E-state index in [1.807, 2.05) is 25.7 Å². The molecule has 1 fully saturated rings. The zero-order chi connectivity index (χ0) is 15.3. The molecule has 1 heterocycles. The number of rotatable bonds is 3. The van der Waals surface area contributed by atoms with E-state index in [1.165, 1.54) is 7.11 Å². The Morgan fingerprint density at radius 3 is 2.50 bits per heavy atom. The first kappa shape index (κ1) is 16.8. The molecule has 0 radical (unpaired) electrons. The molecule has 0 aromatic carbocycles. The highest BCUT2D eigenvalue weighted by Gasteiger charge is 2.28. The number of carbonyl (C=O) groups excluding carboxylic acids is 2. The maximum Gasteiger partial charge on any atom is 0.407 e. The van der Waals surface area contributed by atoms with E-state index in [0.29, 0.717) is 12.5 Å². The molecular weight excluding hydrogens is 260 g/mol. The molecule has 1 amide bonds. The van der Waals surface area contributed by atoms with Gasteiger partial charge in [0.15, 0.2) is 0 Å². The first-order chi connectivity index (χ1) is 9.19. The second kappa shape index (κ2) is 6.92. The van der Waals surface area contributed by atoms with Gasteiger partial charge in [0, 0.05) is 19.1 Å². The minimum absolute atomic E-state index is 0.00161. The molecular formula is C14H26N2O4. The molecule has 1 aliphatic rings. The van der Waals surface area contributed by atoms with Crippen molar-refractivity contribution in [1.29, 1.82) is 0 Å². The van der Waals surface area contributed by atoms with Crippen molar-refractivity contribution in [3.05, 3.63) is 0 Å². The predicted octanol–water partition coefficient (Wildman–Crippen LogP) is 1.39. The summed E-state index contributed by atoms with van der Waals surface area (Å²) in [4.78, 5) is 25.1. The van der Waals surface area contributed by atoms with E-state index >= 15 is 0 Å². The van der Waals surface area contributed by atoms with Crippen molar-refractivity contribution in [1.82, 2.24) is 10.2 Å². The Labute approximate surface area is 120 Å². The number of alkyl carbamates (subject to hydrolysis) is 1. The summed E-state index contributed by atoms with van der Waals surface area (Å²) in [5.74, 6) is 0.156. The number of esters is 1. The van der Waals surface area contributed by atoms with Gasteiger partial charge in [-0.05, 0) is 33.1 Å². The molecule has 2 atom stereocenters. The SMILES string of the molecule is COC(=O)CN1CC(C)CC(NC(=O)OC(C)(C)C)C1. The van der Waals surface area contributed by atoms with E-state index in [0.717, 1.165) is 13.0 Å². The van der Waals surface area contributed by atoms with Crippen LogP contribution in [0, 0.1) is 5.92 Å². The van der Waals surface area contributed by atoms with Gasteiger partial charge in [-0.1, -0.05) is 6.92 Å². The number of ether oxygens (including phenoxy) is 2. The number of hydrogen-bond donors (Lipinski definition) is 1. The summed E-state index contributed by atoms with van der Waals surface area (Å²) >= 11 is 0. The molecule has 116 valence electrons. The van der Waals surface area contributed by atoms with E-state index in [1.54, 1.807) is 0 Å². The number of amides is 1. The number of carbonyl (C=O) groups is 2. The molecule has 0 spiro atoms. The highest BCUT2D eigenvalue weighted by atomic mass is 16.6. The lowest BCUT2D eigenvalue weighted by molar-refractivity contribution is -0.142. The molecule has 20 heavy (non-hydrogen) atoms. The third-order valence-electron chi connectivity index (χ3n) is 3.04. The molecule has 0 bridgehead atoms. The summed E-state index contributed by atoms with van der Waals surface area (Å²) in [6.45, 7) is 9.33. The van der Waals surface area contributed by atoms with Gasteiger partial charge in [-0.3, -0.25) is 9.69 Å². The van der Waals surface area contributed by atoms with E-state index < -0.39 is 11.7 Å². The van der Waals surface area contributed by atoms with E-state index in [9.17, 15) is 9.59 Å². The van der Waals surface area contributed by atoms with Crippen LogP contribution < -0.4 is 5.32 Å². The topological polar surface area (TPSA) is 67.9 Å². The van der Waals surface area contributed by atoms with Gasteiger partial charge in [0.1, 0.15) is 5.60 Å². The Kier molecular flexibility index (Phi) is 5.80. The molecule has 1 saturated heterocycles. The minimum atomic E-state index is -0.504. The number of methoxy groups -OCH3 is 1. The van der Waals surface area contributed by atoms with Crippen molar-refractivity contribution in [3.63, 3.8) is 0 Å². The fraction of sp³-hybridized carbons (Fsp3) is 0.857. The van der Waals surface area contributed by atoms with Gasteiger partial charge in [0.05, 0.1) is 13.7 Å². The lowest BCUT2D eigenvalue weighted by Crippen LogP contribution is -2.52. The summed E-state index contributed by atoms with van der Waals surface area (Å²) in [7, 11) is 1.38. The second-order valence-electron chi connectivity index (χ2n) is 6.45. The molecule has 1 N–H and O–H groups in total. The Bertz CT molecular complexity index is 352. The van der Waals surface area contributed by atoms with E-state index in [2.05, 4.69) is 17.0 Å². The van der Waals surface area contributed by atoms with Gasteiger partial charge in [-0.25, -0.2) is 4.79 Å². The first-order valence-corrected chi connectivity index (χ1v) is 6.98. The van der Waals surface area contributed by atoms with Crippen molar-refractivity contribution >= 4 is 12.1 Å². The Morgan fingerprint density at radius 1 is 1.30 bits per heavy atom. The number of piperidine rings is 1. The van der Waals surface area contributed by atoms with Crippen LogP contribution in [-0.2, 0) is 14.3 Å². The molecule has 0 aromatic rings. The summed E-state index contributed by atoms with van der Waals surface area (Å²) in [5.41, 5.74) is -0.504. The summed E-state index contributed by atoms with van der Waals surface area (Å²) in [5, 5.41) is 2.87. The van der Waals surface area contributed by atoms with Crippen LogP contribution in [0.15, 0.2) is 0 Å². The van der Waals surface area contributed by atoms with Crippen LogP contribution in [0.1, 0.15) is 34.1 Å². The van der Waals surface area contributed by atoms with Crippen molar-refractivity contribution in [3.8, 4) is 0 Å². The maximum absolute atomic E-state index is 11.8. The number of nitrogens with one attached hydrogen (secondary N) is 1. The van der Waals surface area contributed by atoms with Gasteiger partial charge in [-0.2, -0.15) is 0 Å². The second-order valence-corrected chi connectivity index (χ2v) is 6.45. The summed E-state index contributed by atoms with van der Waals surface area (Å²) in [6.07, 6.45) is 0.478. The Hall–Kier alpha value is -1.30. The highest BCUT2D eigenvalue weighted by molar-refractivity contribution is 5.71. The Balaban J connectivity index is 2.49. The van der Waals surface area contributed by atoms with Crippen LogP contribution in [0.5, 0.6) is 0 Å². The van der Waals surface area contributed by atoms with Gasteiger partial charge in [0.25, 0.3) is 0 Å². The minimum Gasteiger partial charge on any atom is -0.468 e. The van der Waals surface area contributed by atoms with Crippen molar-refractivity contribution in [2.45, 2.75) is 45.8 Å². The molecule has 6 heteroatoms. The molecule has 2 unspecified atom stereocenters. The summed E-state index contributed by atoms with van der Waals surface area (Å²) in [6, 6.07) is -0.00161. The van der Waals surface area contributed by atoms with Crippen LogP contribution in [0.3, 0.4) is 0 Å². The molecule has 0 aliphatic carbocycles. The average molecular weight is 286 g/mol. The Morgan fingerprint density at radius 2 is 1.95 bits per heavy atom. The fourth-order valence-electron chi connectivity index (χ4n) is 2.42. The smallest absolute Gasteiger partial charge is 0.407 e. The standard InChI is InChI=1S/C14H26N2O4/c1-10-6-11(15-13(18)20-14(2,3)4)8-16(7-10)9-12(17)19-5/h10-11H,6-9H2,1-5H3,(H,15,18). The van der Waals surface area contributed by atoms with Crippen molar-refractivity contribution in [2.75, 3.05) is 26.7 Å². The number of nitrogens with zero attached hydrogens (tertiary/aromatic N) is 1. The zero-order valence-corrected chi connectivity index (χ0v) is 13.1. The largest absolute Gasteiger partial charge is 0.468 e. The number of hydrogen-bond acceptors (Lipinski definition) is 5. The number of likely N-dealkylation sites (tertiary alicyclic amines) is 1. The maximum atomic E-state index is 11.8. The van der Waals surface area contributed by atoms with Crippen LogP contribution in [0.4, 0.5) is 4.79 Å². The van der Waals surface area contributed by atoms with Gasteiger partial charge >= 0.3 is 12.1 Å². The molecule has 6 nitrogen and oxygen atoms in total. The average Bonchev–Trinajstić information content (AvgIpc) is 2.24. The van der Waals surface area contributed by atoms with Gasteiger partial charge in [-0.15, -0.1) is 0 Å². The van der Waals surface area contributed by atoms with Gasteiger partial charge < -0.3 is 14.8 Å².